The highest BCUT2D eigenvalue weighted by Gasteiger charge is 2.15. The van der Waals surface area contributed by atoms with Gasteiger partial charge in [-0.1, -0.05) is 115 Å². The Morgan fingerprint density at radius 1 is 0.312 bits per heavy atom. The molecule has 0 radical (unpaired) electrons. The summed E-state index contributed by atoms with van der Waals surface area (Å²) in [4.78, 5) is 2.33. The quantitative estimate of drug-likeness (QED) is 0.184. The van der Waals surface area contributed by atoms with Gasteiger partial charge in [0, 0.05) is 27.8 Å². The van der Waals surface area contributed by atoms with E-state index in [4.69, 9.17) is 4.42 Å². The molecule has 0 aliphatic rings. The van der Waals surface area contributed by atoms with Gasteiger partial charge >= 0.3 is 0 Å². The smallest absolute Gasteiger partial charge is 0.136 e. The van der Waals surface area contributed by atoms with Gasteiger partial charge in [-0.3, -0.25) is 0 Å². The van der Waals surface area contributed by atoms with Crippen molar-refractivity contribution in [2.45, 2.75) is 0 Å². The zero-order valence-electron chi connectivity index (χ0n) is 26.1. The fourth-order valence-corrected chi connectivity index (χ4v) is 7.44. The molecule has 1 aromatic heterocycles. The van der Waals surface area contributed by atoms with E-state index < -0.39 is 0 Å². The molecular formula is C46H29NO. The van der Waals surface area contributed by atoms with Crippen LogP contribution in [-0.4, -0.2) is 0 Å². The number of para-hydroxylation sites is 2. The summed E-state index contributed by atoms with van der Waals surface area (Å²) in [6.07, 6.45) is 0. The van der Waals surface area contributed by atoms with Crippen LogP contribution in [0.1, 0.15) is 0 Å². The van der Waals surface area contributed by atoms with Gasteiger partial charge in [0.25, 0.3) is 0 Å². The second-order valence-corrected chi connectivity index (χ2v) is 12.6. The predicted molar refractivity (Wildman–Crippen MR) is 204 cm³/mol. The van der Waals surface area contributed by atoms with Crippen molar-refractivity contribution in [1.82, 2.24) is 0 Å². The molecule has 1 heterocycles. The fraction of sp³-hybridized carbons (Fsp3) is 0. The molecule has 0 aliphatic heterocycles. The molecule has 0 unspecified atom stereocenters. The first kappa shape index (κ1) is 26.8. The second kappa shape index (κ2) is 10.6. The summed E-state index contributed by atoms with van der Waals surface area (Å²) in [6, 6.07) is 63.4. The van der Waals surface area contributed by atoms with E-state index in [0.717, 1.165) is 44.4 Å². The molecule has 0 saturated carbocycles. The maximum absolute atomic E-state index is 6.17. The van der Waals surface area contributed by atoms with Crippen LogP contribution in [0.25, 0.3) is 76.2 Å². The van der Waals surface area contributed by atoms with E-state index in [0.29, 0.717) is 0 Å². The molecule has 0 spiro atoms. The molecule has 0 saturated heterocycles. The monoisotopic (exact) mass is 611 g/mol. The number of anilines is 3. The molecule has 10 aromatic rings. The highest BCUT2D eigenvalue weighted by atomic mass is 16.3. The molecule has 2 heteroatoms. The Bertz CT molecular complexity index is 2830. The number of hydrogen-bond donors (Lipinski definition) is 0. The fourth-order valence-electron chi connectivity index (χ4n) is 7.44. The number of benzene rings is 9. The number of nitrogens with zero attached hydrogens (tertiary/aromatic N) is 1. The molecule has 9 aromatic carbocycles. The summed E-state index contributed by atoms with van der Waals surface area (Å²) >= 11 is 0. The van der Waals surface area contributed by atoms with Gasteiger partial charge in [0.05, 0.1) is 0 Å². The zero-order valence-corrected chi connectivity index (χ0v) is 26.1. The lowest BCUT2D eigenvalue weighted by Gasteiger charge is -2.26. The summed E-state index contributed by atoms with van der Waals surface area (Å²) in [5, 5.41) is 12.3. The van der Waals surface area contributed by atoms with Crippen LogP contribution < -0.4 is 4.90 Å². The van der Waals surface area contributed by atoms with Crippen LogP contribution in [0.3, 0.4) is 0 Å². The first-order valence-electron chi connectivity index (χ1n) is 16.4. The summed E-state index contributed by atoms with van der Waals surface area (Å²) in [6.45, 7) is 0. The Balaban J connectivity index is 1.06. The van der Waals surface area contributed by atoms with E-state index >= 15 is 0 Å². The Morgan fingerprint density at radius 2 is 0.958 bits per heavy atom. The summed E-state index contributed by atoms with van der Waals surface area (Å²) in [7, 11) is 0. The average molecular weight is 612 g/mol. The van der Waals surface area contributed by atoms with Crippen molar-refractivity contribution < 1.29 is 4.42 Å². The van der Waals surface area contributed by atoms with E-state index in [2.05, 4.69) is 169 Å². The molecule has 0 atom stereocenters. The van der Waals surface area contributed by atoms with Crippen LogP contribution >= 0.6 is 0 Å². The third kappa shape index (κ3) is 4.27. The SMILES string of the molecule is c1ccc(N(c2ccc(-c3ccc4c(ccc5ccc6ccccc6c54)c3)cc2)c2ccc3cc4oc5ccccc5c4cc3c2)cc1. The standard InChI is InChI=1S/C46H29NO/c1-2-9-37(10-3-1)47(39-24-20-34-29-45-43(28-36(34)27-39)42-12-6-7-13-44(42)48-45)38-22-18-30(19-23-38)33-21-25-41-35(26-33)17-16-32-15-14-31-8-4-5-11-40(31)46(32)41/h1-29H. The number of furan rings is 1. The summed E-state index contributed by atoms with van der Waals surface area (Å²) in [5.41, 5.74) is 7.57. The van der Waals surface area contributed by atoms with Crippen molar-refractivity contribution in [3.05, 3.63) is 176 Å². The molecule has 224 valence electrons. The van der Waals surface area contributed by atoms with E-state index in [1.807, 2.05) is 12.1 Å². The molecule has 2 nitrogen and oxygen atoms in total. The Labute approximate surface area is 277 Å². The zero-order chi connectivity index (χ0) is 31.6. The van der Waals surface area contributed by atoms with Crippen LogP contribution in [-0.2, 0) is 0 Å². The highest BCUT2D eigenvalue weighted by molar-refractivity contribution is 6.20. The van der Waals surface area contributed by atoms with Crippen LogP contribution in [0.2, 0.25) is 0 Å². The summed E-state index contributed by atoms with van der Waals surface area (Å²) in [5.74, 6) is 0. The molecule has 48 heavy (non-hydrogen) atoms. The third-order valence-electron chi connectivity index (χ3n) is 9.78. The molecule has 0 N–H and O–H groups in total. The highest BCUT2D eigenvalue weighted by Crippen LogP contribution is 2.40. The maximum atomic E-state index is 6.17. The lowest BCUT2D eigenvalue weighted by molar-refractivity contribution is 0.669. The molecule has 0 bridgehead atoms. The van der Waals surface area contributed by atoms with Gasteiger partial charge in [0.1, 0.15) is 11.2 Å². The van der Waals surface area contributed by atoms with Crippen molar-refractivity contribution in [3.63, 3.8) is 0 Å². The van der Waals surface area contributed by atoms with E-state index in [1.54, 1.807) is 0 Å². The van der Waals surface area contributed by atoms with Gasteiger partial charge in [-0.25, -0.2) is 0 Å². The van der Waals surface area contributed by atoms with Gasteiger partial charge in [-0.15, -0.1) is 0 Å². The minimum absolute atomic E-state index is 0.919. The lowest BCUT2D eigenvalue weighted by atomic mass is 9.94. The van der Waals surface area contributed by atoms with Gasteiger partial charge in [-0.2, -0.15) is 0 Å². The molecular weight excluding hydrogens is 583 g/mol. The van der Waals surface area contributed by atoms with Crippen molar-refractivity contribution in [1.29, 1.82) is 0 Å². The van der Waals surface area contributed by atoms with Gasteiger partial charge in [-0.05, 0) is 115 Å². The van der Waals surface area contributed by atoms with Crippen LogP contribution in [0, 0.1) is 0 Å². The minimum Gasteiger partial charge on any atom is -0.456 e. The molecule has 10 rings (SSSR count). The van der Waals surface area contributed by atoms with Crippen molar-refractivity contribution in [2.75, 3.05) is 4.90 Å². The first-order valence-corrected chi connectivity index (χ1v) is 16.4. The van der Waals surface area contributed by atoms with Crippen molar-refractivity contribution in [3.8, 4) is 11.1 Å². The summed E-state index contributed by atoms with van der Waals surface area (Å²) < 4.78 is 6.17. The second-order valence-electron chi connectivity index (χ2n) is 12.6. The average Bonchev–Trinajstić information content (AvgIpc) is 3.51. The number of fused-ring (bicyclic) bond motifs is 9. The maximum Gasteiger partial charge on any atom is 0.136 e. The topological polar surface area (TPSA) is 16.4 Å². The third-order valence-corrected chi connectivity index (χ3v) is 9.78. The largest absolute Gasteiger partial charge is 0.456 e. The predicted octanol–water partition coefficient (Wildman–Crippen LogP) is 13.3. The molecule has 0 fully saturated rings. The van der Waals surface area contributed by atoms with Crippen LogP contribution in [0.15, 0.2) is 180 Å². The van der Waals surface area contributed by atoms with Crippen molar-refractivity contribution >= 4 is 82.1 Å². The first-order chi connectivity index (χ1) is 23.8. The van der Waals surface area contributed by atoms with Crippen molar-refractivity contribution in [2.24, 2.45) is 0 Å². The van der Waals surface area contributed by atoms with Gasteiger partial charge < -0.3 is 9.32 Å². The normalized spacial score (nSPS) is 11.8. The number of rotatable bonds is 4. The number of hydrogen-bond acceptors (Lipinski definition) is 2. The lowest BCUT2D eigenvalue weighted by Crippen LogP contribution is -2.09. The van der Waals surface area contributed by atoms with Gasteiger partial charge in [0.15, 0.2) is 0 Å². The van der Waals surface area contributed by atoms with Crippen LogP contribution in [0.4, 0.5) is 17.1 Å². The van der Waals surface area contributed by atoms with E-state index in [9.17, 15) is 0 Å². The Kier molecular flexibility index (Phi) is 5.91. The Morgan fingerprint density at radius 3 is 1.83 bits per heavy atom. The molecule has 0 amide bonds. The van der Waals surface area contributed by atoms with E-state index in [-0.39, 0.29) is 0 Å². The van der Waals surface area contributed by atoms with Crippen LogP contribution in [0.5, 0.6) is 0 Å². The Hall–Kier alpha value is -6.38. The van der Waals surface area contributed by atoms with E-state index in [1.165, 1.54) is 48.8 Å². The minimum atomic E-state index is 0.919. The molecule has 0 aliphatic carbocycles. The van der Waals surface area contributed by atoms with Gasteiger partial charge in [0.2, 0.25) is 0 Å².